The van der Waals surface area contributed by atoms with Crippen molar-refractivity contribution in [2.45, 2.75) is 25.6 Å². The molecule has 0 bridgehead atoms. The van der Waals surface area contributed by atoms with Gasteiger partial charge in [0, 0.05) is 6.42 Å². The molecule has 88 valence electrons. The highest BCUT2D eigenvalue weighted by Crippen LogP contribution is 2.15. The summed E-state index contributed by atoms with van der Waals surface area (Å²) in [5.41, 5.74) is 1.27. The van der Waals surface area contributed by atoms with E-state index in [1.807, 2.05) is 0 Å². The Labute approximate surface area is 99.4 Å². The summed E-state index contributed by atoms with van der Waals surface area (Å²) in [5.74, 6) is -0.848. The Morgan fingerprint density at radius 2 is 2.25 bits per heavy atom. The van der Waals surface area contributed by atoms with Crippen molar-refractivity contribution >= 4 is 17.6 Å². The average molecular weight is 245 g/mol. The molecule has 0 saturated carbocycles. The van der Waals surface area contributed by atoms with Gasteiger partial charge in [-0.15, -0.1) is 11.6 Å². The van der Waals surface area contributed by atoms with E-state index in [-0.39, 0.29) is 18.8 Å². The number of aryl methyl sites for hydroxylation is 1. The SMILES string of the molecule is CCOC(=O)C(Cl)Cc1ccc(C)cc1F. The second-order valence-electron chi connectivity index (χ2n) is 3.52. The minimum atomic E-state index is -0.836. The number of carbonyl (C=O) groups is 1. The number of hydrogen-bond acceptors (Lipinski definition) is 2. The molecule has 1 aromatic rings. The summed E-state index contributed by atoms with van der Waals surface area (Å²) in [4.78, 5) is 11.2. The van der Waals surface area contributed by atoms with E-state index in [0.717, 1.165) is 5.56 Å². The van der Waals surface area contributed by atoms with E-state index < -0.39 is 11.3 Å². The molecule has 0 heterocycles. The fourth-order valence-corrected chi connectivity index (χ4v) is 1.56. The zero-order valence-corrected chi connectivity index (χ0v) is 10.1. The first-order chi connectivity index (χ1) is 7.54. The van der Waals surface area contributed by atoms with E-state index in [1.165, 1.54) is 6.07 Å². The van der Waals surface area contributed by atoms with Crippen molar-refractivity contribution in [3.63, 3.8) is 0 Å². The lowest BCUT2D eigenvalue weighted by atomic mass is 10.1. The molecule has 4 heteroatoms. The van der Waals surface area contributed by atoms with Crippen LogP contribution in [0.4, 0.5) is 4.39 Å². The lowest BCUT2D eigenvalue weighted by Crippen LogP contribution is -2.20. The fourth-order valence-electron chi connectivity index (χ4n) is 1.33. The van der Waals surface area contributed by atoms with Crippen LogP contribution in [-0.4, -0.2) is 18.0 Å². The van der Waals surface area contributed by atoms with Gasteiger partial charge in [-0.1, -0.05) is 12.1 Å². The molecule has 0 N–H and O–H groups in total. The van der Waals surface area contributed by atoms with E-state index >= 15 is 0 Å². The van der Waals surface area contributed by atoms with Gasteiger partial charge in [-0.2, -0.15) is 0 Å². The molecule has 1 aromatic carbocycles. The van der Waals surface area contributed by atoms with Gasteiger partial charge in [0.25, 0.3) is 0 Å². The normalized spacial score (nSPS) is 12.2. The number of alkyl halides is 1. The smallest absolute Gasteiger partial charge is 0.324 e. The van der Waals surface area contributed by atoms with Gasteiger partial charge in [0.1, 0.15) is 11.2 Å². The van der Waals surface area contributed by atoms with Crippen LogP contribution in [0.25, 0.3) is 0 Å². The highest BCUT2D eigenvalue weighted by atomic mass is 35.5. The maximum atomic E-state index is 13.4. The van der Waals surface area contributed by atoms with E-state index in [1.54, 1.807) is 26.0 Å². The molecular formula is C12H14ClFO2. The Morgan fingerprint density at radius 3 is 2.81 bits per heavy atom. The number of benzene rings is 1. The molecule has 0 aliphatic carbocycles. The maximum absolute atomic E-state index is 13.4. The van der Waals surface area contributed by atoms with Gasteiger partial charge in [0.05, 0.1) is 6.61 Å². The summed E-state index contributed by atoms with van der Waals surface area (Å²) < 4.78 is 18.2. The molecule has 0 spiro atoms. The topological polar surface area (TPSA) is 26.3 Å². The number of carbonyl (C=O) groups excluding carboxylic acids is 1. The van der Waals surface area contributed by atoms with Gasteiger partial charge < -0.3 is 4.74 Å². The van der Waals surface area contributed by atoms with Crippen LogP contribution in [0, 0.1) is 12.7 Å². The molecule has 0 saturated heterocycles. The molecule has 0 aromatic heterocycles. The second kappa shape index (κ2) is 5.85. The Hall–Kier alpha value is -1.09. The first-order valence-corrected chi connectivity index (χ1v) is 5.54. The van der Waals surface area contributed by atoms with Crippen LogP contribution in [0.2, 0.25) is 0 Å². The molecule has 0 aliphatic rings. The number of rotatable bonds is 4. The first kappa shape index (κ1) is 13.0. The Morgan fingerprint density at radius 1 is 1.56 bits per heavy atom. The number of halogens is 2. The molecular weight excluding hydrogens is 231 g/mol. The van der Waals surface area contributed by atoms with E-state index in [4.69, 9.17) is 16.3 Å². The van der Waals surface area contributed by atoms with Crippen LogP contribution in [0.3, 0.4) is 0 Å². The van der Waals surface area contributed by atoms with E-state index in [0.29, 0.717) is 5.56 Å². The van der Waals surface area contributed by atoms with E-state index in [9.17, 15) is 9.18 Å². The Balaban J connectivity index is 2.69. The van der Waals surface area contributed by atoms with Gasteiger partial charge in [0.2, 0.25) is 0 Å². The number of hydrogen-bond donors (Lipinski definition) is 0. The maximum Gasteiger partial charge on any atom is 0.324 e. The van der Waals surface area contributed by atoms with Crippen LogP contribution in [0.1, 0.15) is 18.1 Å². The lowest BCUT2D eigenvalue weighted by Gasteiger charge is -2.09. The van der Waals surface area contributed by atoms with Crippen LogP contribution in [0.15, 0.2) is 18.2 Å². The average Bonchev–Trinajstić information content (AvgIpc) is 2.22. The summed E-state index contributed by atoms with van der Waals surface area (Å²) in [6, 6.07) is 4.84. The molecule has 0 fully saturated rings. The highest BCUT2D eigenvalue weighted by molar-refractivity contribution is 6.30. The minimum Gasteiger partial charge on any atom is -0.465 e. The molecule has 0 aliphatic heterocycles. The van der Waals surface area contributed by atoms with Crippen LogP contribution in [0.5, 0.6) is 0 Å². The number of esters is 1. The van der Waals surface area contributed by atoms with Crippen molar-refractivity contribution in [2.24, 2.45) is 0 Å². The summed E-state index contributed by atoms with van der Waals surface area (Å²) in [7, 11) is 0. The third kappa shape index (κ3) is 3.49. The number of ether oxygens (including phenoxy) is 1. The first-order valence-electron chi connectivity index (χ1n) is 5.10. The molecule has 0 radical (unpaired) electrons. The monoisotopic (exact) mass is 244 g/mol. The summed E-state index contributed by atoms with van der Waals surface area (Å²) in [6.45, 7) is 3.78. The lowest BCUT2D eigenvalue weighted by molar-refractivity contribution is -0.142. The summed E-state index contributed by atoms with van der Waals surface area (Å²) >= 11 is 5.82. The van der Waals surface area contributed by atoms with Crippen molar-refractivity contribution in [2.75, 3.05) is 6.61 Å². The van der Waals surface area contributed by atoms with Gasteiger partial charge in [-0.3, -0.25) is 4.79 Å². The summed E-state index contributed by atoms with van der Waals surface area (Å²) in [6.07, 6.45) is 0.145. The largest absolute Gasteiger partial charge is 0.465 e. The second-order valence-corrected chi connectivity index (χ2v) is 4.05. The molecule has 0 amide bonds. The molecule has 1 rings (SSSR count). The minimum absolute atomic E-state index is 0.145. The third-order valence-electron chi connectivity index (χ3n) is 2.15. The third-order valence-corrected chi connectivity index (χ3v) is 2.48. The van der Waals surface area contributed by atoms with E-state index in [2.05, 4.69) is 0 Å². The molecule has 1 atom stereocenters. The Bertz CT molecular complexity index is 379. The fraction of sp³-hybridized carbons (Fsp3) is 0.417. The predicted octanol–water partition coefficient (Wildman–Crippen LogP) is 2.85. The van der Waals surface area contributed by atoms with Gasteiger partial charge in [-0.25, -0.2) is 4.39 Å². The standard InChI is InChI=1S/C12H14ClFO2/c1-3-16-12(15)10(13)7-9-5-4-8(2)6-11(9)14/h4-6,10H,3,7H2,1-2H3. The zero-order valence-electron chi connectivity index (χ0n) is 9.30. The molecule has 16 heavy (non-hydrogen) atoms. The molecule has 2 nitrogen and oxygen atoms in total. The predicted molar refractivity (Wildman–Crippen MR) is 61.1 cm³/mol. The van der Waals surface area contributed by atoms with Crippen molar-refractivity contribution < 1.29 is 13.9 Å². The zero-order chi connectivity index (χ0) is 12.1. The van der Waals surface area contributed by atoms with Crippen LogP contribution >= 0.6 is 11.6 Å². The van der Waals surface area contributed by atoms with Gasteiger partial charge >= 0.3 is 5.97 Å². The van der Waals surface area contributed by atoms with Crippen LogP contribution < -0.4 is 0 Å². The van der Waals surface area contributed by atoms with Crippen LogP contribution in [-0.2, 0) is 16.0 Å². The molecule has 1 unspecified atom stereocenters. The van der Waals surface area contributed by atoms with Gasteiger partial charge in [-0.05, 0) is 31.0 Å². The van der Waals surface area contributed by atoms with Crippen molar-refractivity contribution in [1.29, 1.82) is 0 Å². The summed E-state index contributed by atoms with van der Waals surface area (Å²) in [5, 5.41) is -0.836. The van der Waals surface area contributed by atoms with Crippen molar-refractivity contribution in [1.82, 2.24) is 0 Å². The van der Waals surface area contributed by atoms with Crippen molar-refractivity contribution in [3.8, 4) is 0 Å². The van der Waals surface area contributed by atoms with Crippen molar-refractivity contribution in [3.05, 3.63) is 35.1 Å². The van der Waals surface area contributed by atoms with Gasteiger partial charge in [0.15, 0.2) is 0 Å². The Kier molecular flexibility index (Phi) is 4.74. The highest BCUT2D eigenvalue weighted by Gasteiger charge is 2.18. The quantitative estimate of drug-likeness (QED) is 0.601.